The van der Waals surface area contributed by atoms with Crippen LogP contribution in [-0.2, 0) is 14.9 Å². The monoisotopic (exact) mass is 438 g/mol. The summed E-state index contributed by atoms with van der Waals surface area (Å²) in [5, 5.41) is 6.67. The van der Waals surface area contributed by atoms with Gasteiger partial charge in [-0.15, -0.1) is 0 Å². The van der Waals surface area contributed by atoms with E-state index in [1.165, 1.54) is 16.7 Å². The molecule has 2 aromatic rings. The Labute approximate surface area is 192 Å². The maximum Gasteiger partial charge on any atom is 0.241 e. The molecule has 2 atom stereocenters. The molecule has 32 heavy (non-hydrogen) atoms. The molecule has 0 aliphatic carbocycles. The zero-order chi connectivity index (χ0) is 23.1. The quantitative estimate of drug-likeness (QED) is 0.566. The Hall–Kier alpha value is -2.37. The van der Waals surface area contributed by atoms with Crippen LogP contribution < -0.4 is 15.4 Å². The molecule has 1 aliphatic heterocycles. The van der Waals surface area contributed by atoms with E-state index >= 15 is 0 Å². The number of carbonyl (C=O) groups is 1. The predicted octanol–water partition coefficient (Wildman–Crippen LogP) is 5.18. The van der Waals surface area contributed by atoms with Crippen molar-refractivity contribution in [2.45, 2.75) is 64.3 Å². The van der Waals surface area contributed by atoms with Crippen LogP contribution in [0.25, 0.3) is 0 Å². The van der Waals surface area contributed by atoms with E-state index in [4.69, 9.17) is 9.47 Å². The number of amides is 1. The highest BCUT2D eigenvalue weighted by atomic mass is 16.5. The molecule has 1 saturated heterocycles. The first-order valence-corrected chi connectivity index (χ1v) is 11.8. The van der Waals surface area contributed by atoms with Crippen molar-refractivity contribution < 1.29 is 14.3 Å². The average molecular weight is 439 g/mol. The maximum atomic E-state index is 13.0. The molecule has 2 N–H and O–H groups in total. The lowest BCUT2D eigenvalue weighted by atomic mass is 9.73. The zero-order valence-electron chi connectivity index (χ0n) is 20.2. The summed E-state index contributed by atoms with van der Waals surface area (Å²) in [4.78, 5) is 13.0. The molecule has 2 aromatic carbocycles. The SMILES string of the molecule is CCC(C)c1ccccc1NC(=O)C(C)NCC1(c2cc(C)ccc2OC)CCOCC1. The third kappa shape index (κ3) is 5.51. The summed E-state index contributed by atoms with van der Waals surface area (Å²) in [6, 6.07) is 14.1. The van der Waals surface area contributed by atoms with Crippen molar-refractivity contribution in [1.29, 1.82) is 0 Å². The van der Waals surface area contributed by atoms with Crippen LogP contribution >= 0.6 is 0 Å². The third-order valence-corrected chi connectivity index (χ3v) is 6.88. The van der Waals surface area contributed by atoms with E-state index in [0.717, 1.165) is 30.7 Å². The van der Waals surface area contributed by atoms with Gasteiger partial charge in [-0.2, -0.15) is 0 Å². The number of ether oxygens (including phenoxy) is 2. The van der Waals surface area contributed by atoms with Crippen LogP contribution in [0.4, 0.5) is 5.69 Å². The van der Waals surface area contributed by atoms with Gasteiger partial charge in [0.15, 0.2) is 0 Å². The lowest BCUT2D eigenvalue weighted by Crippen LogP contribution is -2.48. The van der Waals surface area contributed by atoms with Crippen LogP contribution in [0.1, 0.15) is 62.6 Å². The summed E-state index contributed by atoms with van der Waals surface area (Å²) in [6.45, 7) is 10.5. The number of carbonyl (C=O) groups excluding carboxylic acids is 1. The molecule has 0 bridgehead atoms. The van der Waals surface area contributed by atoms with E-state index in [-0.39, 0.29) is 17.4 Å². The van der Waals surface area contributed by atoms with E-state index in [1.807, 2.05) is 31.2 Å². The van der Waals surface area contributed by atoms with Crippen LogP contribution in [-0.4, -0.2) is 38.8 Å². The van der Waals surface area contributed by atoms with E-state index in [2.05, 4.69) is 49.6 Å². The first-order valence-electron chi connectivity index (χ1n) is 11.8. The summed E-state index contributed by atoms with van der Waals surface area (Å²) >= 11 is 0. The van der Waals surface area contributed by atoms with Crippen LogP contribution in [0.15, 0.2) is 42.5 Å². The summed E-state index contributed by atoms with van der Waals surface area (Å²) in [7, 11) is 1.72. The third-order valence-electron chi connectivity index (χ3n) is 6.88. The molecule has 1 heterocycles. The smallest absolute Gasteiger partial charge is 0.241 e. The largest absolute Gasteiger partial charge is 0.496 e. The molecule has 5 nitrogen and oxygen atoms in total. The molecule has 0 spiro atoms. The zero-order valence-corrected chi connectivity index (χ0v) is 20.2. The van der Waals surface area contributed by atoms with Crippen molar-refractivity contribution in [1.82, 2.24) is 5.32 Å². The van der Waals surface area contributed by atoms with Crippen molar-refractivity contribution in [3.05, 3.63) is 59.2 Å². The molecule has 174 valence electrons. The van der Waals surface area contributed by atoms with Gasteiger partial charge in [0.2, 0.25) is 5.91 Å². The topological polar surface area (TPSA) is 59.6 Å². The van der Waals surface area contributed by atoms with Gasteiger partial charge in [-0.05, 0) is 56.7 Å². The number of nitrogens with one attached hydrogen (secondary N) is 2. The fraction of sp³-hybridized carbons (Fsp3) is 0.519. The average Bonchev–Trinajstić information content (AvgIpc) is 2.83. The molecular weight excluding hydrogens is 400 g/mol. The van der Waals surface area contributed by atoms with Crippen LogP contribution in [0.3, 0.4) is 0 Å². The summed E-state index contributed by atoms with van der Waals surface area (Å²) in [5.74, 6) is 1.28. The second-order valence-electron chi connectivity index (χ2n) is 9.08. The molecule has 0 radical (unpaired) electrons. The van der Waals surface area contributed by atoms with Crippen LogP contribution in [0.2, 0.25) is 0 Å². The van der Waals surface area contributed by atoms with Gasteiger partial charge in [0, 0.05) is 36.4 Å². The number of para-hydroxylation sites is 1. The number of aryl methyl sites for hydroxylation is 1. The highest BCUT2D eigenvalue weighted by Gasteiger charge is 2.37. The van der Waals surface area contributed by atoms with E-state index in [9.17, 15) is 4.79 Å². The normalized spacial score (nSPS) is 17.4. The summed E-state index contributed by atoms with van der Waals surface area (Å²) < 4.78 is 11.4. The second kappa shape index (κ2) is 11.0. The highest BCUT2D eigenvalue weighted by molar-refractivity contribution is 5.95. The molecule has 0 aromatic heterocycles. The number of hydrogen-bond acceptors (Lipinski definition) is 4. The Morgan fingerprint density at radius 3 is 2.56 bits per heavy atom. The lowest BCUT2D eigenvalue weighted by molar-refractivity contribution is -0.117. The molecule has 1 aliphatic rings. The summed E-state index contributed by atoms with van der Waals surface area (Å²) in [5.41, 5.74) is 4.37. The number of rotatable bonds is 9. The minimum atomic E-state index is -0.324. The Morgan fingerprint density at radius 2 is 1.88 bits per heavy atom. The Kier molecular flexibility index (Phi) is 8.32. The van der Waals surface area contributed by atoms with Crippen molar-refractivity contribution >= 4 is 11.6 Å². The predicted molar refractivity (Wildman–Crippen MR) is 131 cm³/mol. The van der Waals surface area contributed by atoms with Gasteiger partial charge in [-0.25, -0.2) is 0 Å². The molecule has 1 fully saturated rings. The first kappa shape index (κ1) is 24.3. The Bertz CT molecular complexity index is 906. The lowest BCUT2D eigenvalue weighted by Gasteiger charge is -2.39. The van der Waals surface area contributed by atoms with Gasteiger partial charge in [0.05, 0.1) is 13.2 Å². The number of benzene rings is 2. The standard InChI is InChI=1S/C27H38N2O3/c1-6-20(3)22-9-7-8-10-24(22)29-26(30)21(4)28-18-27(13-15-32-16-14-27)23-17-19(2)11-12-25(23)31-5/h7-12,17,20-21,28H,6,13-16,18H2,1-5H3,(H,29,30). The Morgan fingerprint density at radius 1 is 1.16 bits per heavy atom. The summed E-state index contributed by atoms with van der Waals surface area (Å²) in [6.07, 6.45) is 2.82. The van der Waals surface area contributed by atoms with Crippen molar-refractivity contribution in [3.63, 3.8) is 0 Å². The molecular formula is C27H38N2O3. The van der Waals surface area contributed by atoms with Crippen LogP contribution in [0, 0.1) is 6.92 Å². The number of anilines is 1. The molecule has 1 amide bonds. The first-order chi connectivity index (χ1) is 15.4. The van der Waals surface area contributed by atoms with Gasteiger partial charge in [-0.1, -0.05) is 49.7 Å². The second-order valence-corrected chi connectivity index (χ2v) is 9.08. The van der Waals surface area contributed by atoms with Gasteiger partial charge in [0.1, 0.15) is 5.75 Å². The minimum absolute atomic E-state index is 0.0147. The number of methoxy groups -OCH3 is 1. The fourth-order valence-corrected chi connectivity index (χ4v) is 4.48. The highest BCUT2D eigenvalue weighted by Crippen LogP contribution is 2.40. The molecule has 2 unspecified atom stereocenters. The molecule has 3 rings (SSSR count). The van der Waals surface area contributed by atoms with Gasteiger partial charge in [0.25, 0.3) is 0 Å². The van der Waals surface area contributed by atoms with Gasteiger partial charge >= 0.3 is 0 Å². The van der Waals surface area contributed by atoms with E-state index in [1.54, 1.807) is 7.11 Å². The van der Waals surface area contributed by atoms with Gasteiger partial charge < -0.3 is 20.1 Å². The van der Waals surface area contributed by atoms with E-state index in [0.29, 0.717) is 25.7 Å². The molecule has 0 saturated carbocycles. The minimum Gasteiger partial charge on any atom is -0.496 e. The number of hydrogen-bond donors (Lipinski definition) is 2. The Balaban J connectivity index is 1.75. The van der Waals surface area contributed by atoms with E-state index < -0.39 is 0 Å². The van der Waals surface area contributed by atoms with Crippen molar-refractivity contribution in [2.24, 2.45) is 0 Å². The van der Waals surface area contributed by atoms with Crippen LogP contribution in [0.5, 0.6) is 5.75 Å². The molecule has 5 heteroatoms. The van der Waals surface area contributed by atoms with Crippen molar-refractivity contribution in [3.8, 4) is 5.75 Å². The maximum absolute atomic E-state index is 13.0. The fourth-order valence-electron chi connectivity index (χ4n) is 4.48. The van der Waals surface area contributed by atoms with Crippen molar-refractivity contribution in [2.75, 3.05) is 32.2 Å². The van der Waals surface area contributed by atoms with Gasteiger partial charge in [-0.3, -0.25) is 4.79 Å².